The van der Waals surface area contributed by atoms with Gasteiger partial charge >= 0.3 is 0 Å². The molecule has 1 unspecified atom stereocenters. The normalized spacial score (nSPS) is 20.1. The number of aromatic amines is 1. The summed E-state index contributed by atoms with van der Waals surface area (Å²) in [7, 11) is 0. The summed E-state index contributed by atoms with van der Waals surface area (Å²) < 4.78 is 0. The summed E-state index contributed by atoms with van der Waals surface area (Å²) in [5.74, 6) is 0.906. The van der Waals surface area contributed by atoms with Gasteiger partial charge in [0, 0.05) is 19.5 Å². The quantitative estimate of drug-likeness (QED) is 0.720. The van der Waals surface area contributed by atoms with E-state index in [4.69, 9.17) is 0 Å². The highest BCUT2D eigenvalue weighted by Gasteiger charge is 2.22. The molecule has 2 aromatic rings. The third kappa shape index (κ3) is 2.09. The summed E-state index contributed by atoms with van der Waals surface area (Å²) in [6.45, 7) is 3.57. The number of amides is 1. The highest BCUT2D eigenvalue weighted by Crippen LogP contribution is 2.14. The van der Waals surface area contributed by atoms with E-state index in [-0.39, 0.29) is 11.9 Å². The van der Waals surface area contributed by atoms with Crippen molar-refractivity contribution in [2.24, 2.45) is 0 Å². The third-order valence-electron chi connectivity index (χ3n) is 3.22. The first-order valence-corrected chi connectivity index (χ1v) is 6.19. The molecule has 3 rings (SSSR count). The number of imidazole rings is 1. The molecule has 94 valence electrons. The lowest BCUT2D eigenvalue weighted by Gasteiger charge is -2.22. The Labute approximate surface area is 105 Å². The van der Waals surface area contributed by atoms with Crippen LogP contribution in [-0.2, 0) is 11.2 Å². The second kappa shape index (κ2) is 4.42. The standard InChI is InChI=1S/C13H16N4O/c1-8-2-3-9-10(6-8)17-12(16-9)7-11-13(18)15-5-4-14-11/h2-3,6,11,14H,4-5,7H2,1H3,(H,15,18)(H,16,17). The number of aryl methyl sites for hydroxylation is 1. The third-order valence-corrected chi connectivity index (χ3v) is 3.22. The molecule has 3 N–H and O–H groups in total. The molecule has 1 aromatic heterocycles. The Morgan fingerprint density at radius 1 is 1.39 bits per heavy atom. The number of nitrogens with zero attached hydrogens (tertiary/aromatic N) is 1. The molecule has 5 nitrogen and oxygen atoms in total. The maximum Gasteiger partial charge on any atom is 0.237 e. The van der Waals surface area contributed by atoms with Crippen LogP contribution < -0.4 is 10.6 Å². The van der Waals surface area contributed by atoms with Crippen LogP contribution in [0.3, 0.4) is 0 Å². The van der Waals surface area contributed by atoms with Gasteiger partial charge in [0.2, 0.25) is 5.91 Å². The Bertz CT molecular complexity index is 590. The summed E-state index contributed by atoms with van der Waals surface area (Å²) in [6, 6.07) is 5.93. The molecule has 0 aliphatic carbocycles. The number of hydrogen-bond acceptors (Lipinski definition) is 3. The van der Waals surface area contributed by atoms with Crippen molar-refractivity contribution in [3.8, 4) is 0 Å². The van der Waals surface area contributed by atoms with E-state index in [0.717, 1.165) is 23.4 Å². The van der Waals surface area contributed by atoms with Crippen LogP contribution in [0, 0.1) is 6.92 Å². The lowest BCUT2D eigenvalue weighted by molar-refractivity contribution is -0.124. The van der Waals surface area contributed by atoms with E-state index in [2.05, 4.69) is 33.6 Å². The van der Waals surface area contributed by atoms with E-state index in [1.807, 2.05) is 12.1 Å². The first-order chi connectivity index (χ1) is 8.72. The number of carbonyl (C=O) groups excluding carboxylic acids is 1. The Morgan fingerprint density at radius 2 is 2.28 bits per heavy atom. The van der Waals surface area contributed by atoms with Gasteiger partial charge in [-0.3, -0.25) is 4.79 Å². The molecule has 1 aromatic carbocycles. The van der Waals surface area contributed by atoms with Gasteiger partial charge in [-0.05, 0) is 24.6 Å². The number of rotatable bonds is 2. The average molecular weight is 244 g/mol. The van der Waals surface area contributed by atoms with Gasteiger partial charge in [0.1, 0.15) is 5.82 Å². The fraction of sp³-hybridized carbons (Fsp3) is 0.385. The molecular weight excluding hydrogens is 228 g/mol. The SMILES string of the molecule is Cc1ccc2nc(CC3NCCNC3=O)[nH]c2c1. The number of H-pyrrole nitrogens is 1. The largest absolute Gasteiger partial charge is 0.353 e. The number of carbonyl (C=O) groups is 1. The minimum Gasteiger partial charge on any atom is -0.353 e. The van der Waals surface area contributed by atoms with Gasteiger partial charge < -0.3 is 15.6 Å². The molecule has 1 aliphatic rings. The lowest BCUT2D eigenvalue weighted by atomic mass is 10.1. The highest BCUT2D eigenvalue weighted by molar-refractivity contribution is 5.83. The zero-order chi connectivity index (χ0) is 12.5. The van der Waals surface area contributed by atoms with Gasteiger partial charge in [-0.15, -0.1) is 0 Å². The summed E-state index contributed by atoms with van der Waals surface area (Å²) >= 11 is 0. The van der Waals surface area contributed by atoms with Crippen LogP contribution in [0.2, 0.25) is 0 Å². The van der Waals surface area contributed by atoms with Crippen LogP contribution >= 0.6 is 0 Å². The van der Waals surface area contributed by atoms with E-state index >= 15 is 0 Å². The Balaban J connectivity index is 1.84. The monoisotopic (exact) mass is 244 g/mol. The number of aromatic nitrogens is 2. The van der Waals surface area contributed by atoms with E-state index in [1.54, 1.807) is 0 Å². The maximum absolute atomic E-state index is 11.7. The number of hydrogen-bond donors (Lipinski definition) is 3. The zero-order valence-electron chi connectivity index (χ0n) is 10.3. The predicted molar refractivity (Wildman–Crippen MR) is 69.3 cm³/mol. The molecule has 0 spiro atoms. The summed E-state index contributed by atoms with van der Waals surface area (Å²) in [6.07, 6.45) is 0.597. The molecule has 1 atom stereocenters. The van der Waals surface area contributed by atoms with Gasteiger partial charge in [-0.25, -0.2) is 4.98 Å². The van der Waals surface area contributed by atoms with Gasteiger partial charge in [0.25, 0.3) is 0 Å². The minimum absolute atomic E-state index is 0.0536. The first-order valence-electron chi connectivity index (χ1n) is 6.19. The Kier molecular flexibility index (Phi) is 2.76. The van der Waals surface area contributed by atoms with Crippen LogP contribution in [-0.4, -0.2) is 35.0 Å². The van der Waals surface area contributed by atoms with Crippen molar-refractivity contribution < 1.29 is 4.79 Å². The van der Waals surface area contributed by atoms with E-state index < -0.39 is 0 Å². The molecule has 1 aliphatic heterocycles. The van der Waals surface area contributed by atoms with Crippen LogP contribution in [0.5, 0.6) is 0 Å². The smallest absolute Gasteiger partial charge is 0.237 e. The fourth-order valence-corrected chi connectivity index (χ4v) is 2.28. The van der Waals surface area contributed by atoms with Gasteiger partial charge in [0.15, 0.2) is 0 Å². The van der Waals surface area contributed by atoms with Crippen LogP contribution in [0.15, 0.2) is 18.2 Å². The van der Waals surface area contributed by atoms with Crippen LogP contribution in [0.1, 0.15) is 11.4 Å². The number of nitrogens with one attached hydrogen (secondary N) is 3. The van der Waals surface area contributed by atoms with Gasteiger partial charge in [-0.2, -0.15) is 0 Å². The second-order valence-corrected chi connectivity index (χ2v) is 4.71. The predicted octanol–water partition coefficient (Wildman–Crippen LogP) is 0.502. The second-order valence-electron chi connectivity index (χ2n) is 4.71. The minimum atomic E-state index is -0.180. The first kappa shape index (κ1) is 11.2. The molecule has 2 heterocycles. The van der Waals surface area contributed by atoms with E-state index in [1.165, 1.54) is 5.56 Å². The fourth-order valence-electron chi connectivity index (χ4n) is 2.28. The molecule has 18 heavy (non-hydrogen) atoms. The highest BCUT2D eigenvalue weighted by atomic mass is 16.2. The Hall–Kier alpha value is -1.88. The van der Waals surface area contributed by atoms with E-state index in [9.17, 15) is 4.79 Å². The van der Waals surface area contributed by atoms with Crippen molar-refractivity contribution in [3.63, 3.8) is 0 Å². The van der Waals surface area contributed by atoms with Gasteiger partial charge in [-0.1, -0.05) is 6.07 Å². The van der Waals surface area contributed by atoms with Crippen molar-refractivity contribution in [1.29, 1.82) is 0 Å². The van der Waals surface area contributed by atoms with Crippen molar-refractivity contribution in [2.45, 2.75) is 19.4 Å². The molecule has 5 heteroatoms. The summed E-state index contributed by atoms with van der Waals surface area (Å²) in [5.41, 5.74) is 3.18. The Morgan fingerprint density at radius 3 is 3.11 bits per heavy atom. The number of benzene rings is 1. The van der Waals surface area contributed by atoms with Crippen LogP contribution in [0.4, 0.5) is 0 Å². The molecule has 0 saturated carbocycles. The number of fused-ring (bicyclic) bond motifs is 1. The van der Waals surface area contributed by atoms with Crippen molar-refractivity contribution in [2.75, 3.05) is 13.1 Å². The molecule has 1 fully saturated rings. The molecule has 0 bridgehead atoms. The number of piperazine rings is 1. The molecule has 0 radical (unpaired) electrons. The van der Waals surface area contributed by atoms with Crippen molar-refractivity contribution in [1.82, 2.24) is 20.6 Å². The summed E-state index contributed by atoms with van der Waals surface area (Å²) in [4.78, 5) is 19.4. The maximum atomic E-state index is 11.7. The average Bonchev–Trinajstić information content (AvgIpc) is 2.73. The van der Waals surface area contributed by atoms with Crippen LogP contribution in [0.25, 0.3) is 11.0 Å². The zero-order valence-corrected chi connectivity index (χ0v) is 10.3. The summed E-state index contributed by atoms with van der Waals surface area (Å²) in [5, 5.41) is 6.05. The van der Waals surface area contributed by atoms with Crippen molar-refractivity contribution in [3.05, 3.63) is 29.6 Å². The molecule has 1 amide bonds. The van der Waals surface area contributed by atoms with E-state index in [0.29, 0.717) is 13.0 Å². The molecule has 1 saturated heterocycles. The molecular formula is C13H16N4O. The topological polar surface area (TPSA) is 69.8 Å². The lowest BCUT2D eigenvalue weighted by Crippen LogP contribution is -2.53. The van der Waals surface area contributed by atoms with Crippen molar-refractivity contribution >= 4 is 16.9 Å². The van der Waals surface area contributed by atoms with Gasteiger partial charge in [0.05, 0.1) is 17.1 Å².